The van der Waals surface area contributed by atoms with Crippen molar-refractivity contribution in [3.8, 4) is 10.6 Å². The molecule has 0 bridgehead atoms. The number of benzene rings is 1. The molecular weight excluding hydrogens is 585 g/mol. The normalized spacial score (nSPS) is 19.8. The summed E-state index contributed by atoms with van der Waals surface area (Å²) in [6, 6.07) is 8.10. The molecule has 3 fully saturated rings. The predicted octanol–water partition coefficient (Wildman–Crippen LogP) is 6.85. The number of nitrogens with zero attached hydrogens (tertiary/aromatic N) is 4. The van der Waals surface area contributed by atoms with Crippen LogP contribution in [0.4, 0.5) is 15.8 Å². The average molecular weight is 621 g/mol. The summed E-state index contributed by atoms with van der Waals surface area (Å²) in [6.07, 6.45) is 7.91. The number of rotatable bonds is 6. The van der Waals surface area contributed by atoms with Crippen molar-refractivity contribution in [1.82, 2.24) is 9.88 Å². The molecule has 0 spiro atoms. The van der Waals surface area contributed by atoms with Crippen LogP contribution in [0.3, 0.4) is 0 Å². The monoisotopic (exact) mass is 619 g/mol. The fraction of sp³-hybridized carbons (Fsp3) is 0.517. The van der Waals surface area contributed by atoms with E-state index < -0.39 is 0 Å². The zero-order valence-electron chi connectivity index (χ0n) is 22.5. The number of piperazine rings is 1. The van der Waals surface area contributed by atoms with E-state index in [4.69, 9.17) is 28.2 Å². The number of amides is 1. The van der Waals surface area contributed by atoms with E-state index in [0.29, 0.717) is 20.7 Å². The molecule has 3 aromatic rings. The summed E-state index contributed by atoms with van der Waals surface area (Å²) in [5.41, 5.74) is 2.26. The van der Waals surface area contributed by atoms with Crippen LogP contribution in [0.1, 0.15) is 55.3 Å². The van der Waals surface area contributed by atoms with Crippen LogP contribution in [0.5, 0.6) is 0 Å². The first-order valence-electron chi connectivity index (χ1n) is 14.2. The molecule has 214 valence electrons. The minimum absolute atomic E-state index is 0.235. The highest BCUT2D eigenvalue weighted by Gasteiger charge is 2.29. The number of halogens is 2. The Bertz CT molecular complexity index is 1330. The zero-order chi connectivity index (χ0) is 27.6. The molecule has 0 radical (unpaired) electrons. The Kier molecular flexibility index (Phi) is 8.86. The molecule has 1 saturated carbocycles. The Labute approximate surface area is 253 Å². The van der Waals surface area contributed by atoms with Crippen molar-refractivity contribution in [1.29, 1.82) is 0 Å². The Morgan fingerprint density at radius 1 is 0.950 bits per heavy atom. The highest BCUT2D eigenvalue weighted by molar-refractivity contribution is 7.21. The minimum Gasteiger partial charge on any atom is -0.393 e. The van der Waals surface area contributed by atoms with Crippen molar-refractivity contribution in [3.63, 3.8) is 0 Å². The van der Waals surface area contributed by atoms with E-state index in [1.165, 1.54) is 43.4 Å². The Hall–Kier alpha value is -1.88. The second-order valence-electron chi connectivity index (χ2n) is 11.0. The number of hydrogen-bond donors (Lipinski definition) is 2. The number of nitrogens with one attached hydrogen (secondary N) is 1. The summed E-state index contributed by atoms with van der Waals surface area (Å²) in [5, 5.41) is 17.6. The maximum Gasteiger partial charge on any atom is 0.257 e. The number of aliphatic hydroxyl groups is 1. The molecule has 4 heterocycles. The molecule has 6 rings (SSSR count). The van der Waals surface area contributed by atoms with Crippen LogP contribution < -0.4 is 15.1 Å². The maximum absolute atomic E-state index is 13.3. The number of thiazole rings is 1. The lowest BCUT2D eigenvalue weighted by Gasteiger charge is -2.41. The molecular formula is C29H35Cl2N5O2S2. The third-order valence-electron chi connectivity index (χ3n) is 8.34. The number of aliphatic hydroxyl groups excluding tert-OH is 1. The predicted molar refractivity (Wildman–Crippen MR) is 168 cm³/mol. The van der Waals surface area contributed by atoms with Crippen molar-refractivity contribution in [2.45, 2.75) is 57.1 Å². The Morgan fingerprint density at radius 3 is 2.38 bits per heavy atom. The summed E-state index contributed by atoms with van der Waals surface area (Å²) in [7, 11) is 0. The van der Waals surface area contributed by atoms with Gasteiger partial charge >= 0.3 is 0 Å². The number of carbonyl (C=O) groups is 1. The standard InChI is InChI=1S/C29H35Cl2N5O2S2/c30-20-17-25(39-18-20)26-28(36-14-12-34(13-15-36)21-4-2-1-3-5-21)40-29(32-26)33-27(38)19-6-7-24(23(31)16-19)35-10-8-22(37)9-11-35/h6-7,16-18,21-22,37H,1-5,8-15H2,(H,32,33,38). The maximum atomic E-state index is 13.3. The Balaban J connectivity index is 1.18. The van der Waals surface area contributed by atoms with Gasteiger partial charge in [0, 0.05) is 56.3 Å². The van der Waals surface area contributed by atoms with Gasteiger partial charge in [0.2, 0.25) is 0 Å². The lowest BCUT2D eigenvalue weighted by molar-refractivity contribution is 0.102. The van der Waals surface area contributed by atoms with Crippen molar-refractivity contribution < 1.29 is 9.90 Å². The molecule has 1 aliphatic carbocycles. The van der Waals surface area contributed by atoms with Gasteiger partial charge in [0.25, 0.3) is 5.91 Å². The first kappa shape index (κ1) is 28.2. The van der Waals surface area contributed by atoms with Crippen molar-refractivity contribution >= 4 is 67.6 Å². The first-order valence-corrected chi connectivity index (χ1v) is 16.7. The van der Waals surface area contributed by atoms with Gasteiger partial charge in [-0.3, -0.25) is 15.0 Å². The average Bonchev–Trinajstić information content (AvgIpc) is 3.60. The Morgan fingerprint density at radius 2 is 1.70 bits per heavy atom. The first-order chi connectivity index (χ1) is 19.4. The van der Waals surface area contributed by atoms with E-state index in [1.54, 1.807) is 23.5 Å². The van der Waals surface area contributed by atoms with Crippen molar-refractivity contribution in [2.24, 2.45) is 0 Å². The molecule has 2 aromatic heterocycles. The van der Waals surface area contributed by atoms with E-state index in [0.717, 1.165) is 79.4 Å². The molecule has 0 unspecified atom stereocenters. The van der Waals surface area contributed by atoms with Gasteiger partial charge in [-0.2, -0.15) is 0 Å². The molecule has 2 N–H and O–H groups in total. The van der Waals surface area contributed by atoms with Crippen LogP contribution in [0.25, 0.3) is 10.6 Å². The van der Waals surface area contributed by atoms with Crippen LogP contribution in [0, 0.1) is 0 Å². The summed E-state index contributed by atoms with van der Waals surface area (Å²) < 4.78 is 0. The molecule has 2 aliphatic heterocycles. The molecule has 0 atom stereocenters. The second kappa shape index (κ2) is 12.5. The fourth-order valence-electron chi connectivity index (χ4n) is 6.09. The van der Waals surface area contributed by atoms with Crippen LogP contribution in [0.2, 0.25) is 10.0 Å². The largest absolute Gasteiger partial charge is 0.393 e. The summed E-state index contributed by atoms with van der Waals surface area (Å²) in [6.45, 7) is 5.49. The van der Waals surface area contributed by atoms with Gasteiger partial charge in [0.15, 0.2) is 5.13 Å². The molecule has 40 heavy (non-hydrogen) atoms. The lowest BCUT2D eigenvalue weighted by atomic mass is 9.94. The highest BCUT2D eigenvalue weighted by atomic mass is 35.5. The van der Waals surface area contributed by atoms with Crippen LogP contribution in [-0.4, -0.2) is 72.3 Å². The van der Waals surface area contributed by atoms with Gasteiger partial charge < -0.3 is 14.9 Å². The van der Waals surface area contributed by atoms with Gasteiger partial charge in [-0.25, -0.2) is 4.98 Å². The topological polar surface area (TPSA) is 71.9 Å². The third kappa shape index (κ3) is 6.30. The summed E-state index contributed by atoms with van der Waals surface area (Å²) >= 11 is 16.0. The van der Waals surface area contributed by atoms with Gasteiger partial charge in [0.1, 0.15) is 10.7 Å². The molecule has 7 nitrogen and oxygen atoms in total. The number of thiophene rings is 1. The SMILES string of the molecule is O=C(Nc1nc(-c2cc(Cl)cs2)c(N2CCN(C3CCCCC3)CC2)s1)c1ccc(N2CCC(O)CC2)c(Cl)c1. The molecule has 3 aliphatic rings. The van der Waals surface area contributed by atoms with E-state index in [2.05, 4.69) is 20.0 Å². The number of hydrogen-bond acceptors (Lipinski definition) is 8. The number of piperidine rings is 1. The van der Waals surface area contributed by atoms with Crippen LogP contribution in [-0.2, 0) is 0 Å². The third-order valence-corrected chi connectivity index (χ3v) is 11.0. The molecule has 1 amide bonds. The van der Waals surface area contributed by atoms with E-state index in [9.17, 15) is 9.90 Å². The summed E-state index contributed by atoms with van der Waals surface area (Å²) in [5.74, 6) is -0.235. The van der Waals surface area contributed by atoms with Crippen LogP contribution in [0.15, 0.2) is 29.6 Å². The number of carbonyl (C=O) groups excluding carboxylic acids is 1. The number of aromatic nitrogens is 1. The second-order valence-corrected chi connectivity index (χ2v) is 13.7. The smallest absolute Gasteiger partial charge is 0.257 e. The van der Waals surface area contributed by atoms with Crippen molar-refractivity contribution in [2.75, 3.05) is 54.4 Å². The highest BCUT2D eigenvalue weighted by Crippen LogP contribution is 2.42. The van der Waals surface area contributed by atoms with Crippen molar-refractivity contribution in [3.05, 3.63) is 45.3 Å². The van der Waals surface area contributed by atoms with Gasteiger partial charge in [0.05, 0.1) is 26.7 Å². The summed E-state index contributed by atoms with van der Waals surface area (Å²) in [4.78, 5) is 26.4. The molecule has 1 aromatic carbocycles. The lowest BCUT2D eigenvalue weighted by Crippen LogP contribution is -2.50. The van der Waals surface area contributed by atoms with Gasteiger partial charge in [-0.1, -0.05) is 53.8 Å². The molecule has 11 heteroatoms. The van der Waals surface area contributed by atoms with Gasteiger partial charge in [-0.15, -0.1) is 11.3 Å². The van der Waals surface area contributed by atoms with E-state index in [-0.39, 0.29) is 12.0 Å². The van der Waals surface area contributed by atoms with Crippen LogP contribution >= 0.6 is 45.9 Å². The fourth-order valence-corrected chi connectivity index (χ4v) is 8.55. The number of anilines is 3. The zero-order valence-corrected chi connectivity index (χ0v) is 25.6. The quantitative estimate of drug-likeness (QED) is 0.314. The van der Waals surface area contributed by atoms with E-state index in [1.807, 2.05) is 17.5 Å². The van der Waals surface area contributed by atoms with Gasteiger partial charge in [-0.05, 0) is 49.9 Å². The minimum atomic E-state index is -0.251. The van der Waals surface area contributed by atoms with E-state index >= 15 is 0 Å². The molecule has 2 saturated heterocycles.